The number of hydrogen-bond donors (Lipinski definition) is 2. The summed E-state index contributed by atoms with van der Waals surface area (Å²) in [4.78, 5) is 25.2. The molecule has 5 heteroatoms. The Morgan fingerprint density at radius 1 is 0.694 bits per heavy atom. The van der Waals surface area contributed by atoms with Gasteiger partial charge < -0.3 is 10.1 Å². The van der Waals surface area contributed by atoms with Crippen LogP contribution >= 0.6 is 0 Å². The lowest BCUT2D eigenvalue weighted by atomic mass is 9.56. The van der Waals surface area contributed by atoms with Crippen molar-refractivity contribution in [2.75, 3.05) is 17.7 Å². The van der Waals surface area contributed by atoms with Crippen LogP contribution in [0.5, 0.6) is 0 Å². The minimum absolute atomic E-state index is 0.0399. The molecule has 0 saturated heterocycles. The second kappa shape index (κ2) is 8.64. The van der Waals surface area contributed by atoms with Crippen LogP contribution in [0.25, 0.3) is 0 Å². The monoisotopic (exact) mass is 490 g/mol. The van der Waals surface area contributed by atoms with Crippen molar-refractivity contribution in [1.29, 1.82) is 0 Å². The number of nitrogens with one attached hydrogen (secondary N) is 2. The lowest BCUT2D eigenvalue weighted by Gasteiger charge is -2.49. The molecule has 5 nitrogen and oxygen atoms in total. The Morgan fingerprint density at radius 2 is 1.14 bits per heavy atom. The first-order valence-corrected chi connectivity index (χ1v) is 13.1. The number of benzene rings is 2. The minimum atomic E-state index is -0.538. The molecule has 0 aliphatic heterocycles. The van der Waals surface area contributed by atoms with Gasteiger partial charge in [-0.1, -0.05) is 61.5 Å². The number of amides is 2. The Labute approximate surface area is 216 Å². The second-order valence-corrected chi connectivity index (χ2v) is 13.3. The fourth-order valence-corrected chi connectivity index (χ4v) is 6.11. The number of hydrogen-bond acceptors (Lipinski definition) is 3. The van der Waals surface area contributed by atoms with Gasteiger partial charge in [0.25, 0.3) is 5.91 Å². The molecule has 0 aromatic heterocycles. The summed E-state index contributed by atoms with van der Waals surface area (Å²) in [7, 11) is 1.32. The third-order valence-corrected chi connectivity index (χ3v) is 8.71. The maximum atomic E-state index is 13.7. The summed E-state index contributed by atoms with van der Waals surface area (Å²) in [6.45, 7) is 18.6. The fraction of sp³-hybridized carbons (Fsp3) is 0.548. The van der Waals surface area contributed by atoms with Gasteiger partial charge in [0.2, 0.25) is 0 Å². The van der Waals surface area contributed by atoms with Gasteiger partial charge in [0.1, 0.15) is 0 Å². The number of rotatable bonds is 3. The standard InChI is InChI=1S/C31H42N2O3/c1-28(2)14-16-30(5,6)23-21(28)18-22-24(31(7,8)17-15-29(22,3)4)25(23)33-26(34)19-10-12-20(13-11-19)32-27(35)36-9/h10-13,18H,14-17H2,1-9H3,(H,32,35)(H,33,34). The first kappa shape index (κ1) is 26.2. The molecule has 0 unspecified atom stereocenters. The predicted molar refractivity (Wildman–Crippen MR) is 147 cm³/mol. The summed E-state index contributed by atoms with van der Waals surface area (Å²) < 4.78 is 4.66. The highest BCUT2D eigenvalue weighted by Gasteiger charge is 2.46. The van der Waals surface area contributed by atoms with Gasteiger partial charge in [-0.2, -0.15) is 0 Å². The number of anilines is 2. The molecule has 4 rings (SSSR count). The van der Waals surface area contributed by atoms with Crippen molar-refractivity contribution < 1.29 is 14.3 Å². The summed E-state index contributed by atoms with van der Waals surface area (Å²) in [6.07, 6.45) is 3.86. The molecule has 0 spiro atoms. The van der Waals surface area contributed by atoms with Crippen molar-refractivity contribution >= 4 is 23.4 Å². The lowest BCUT2D eigenvalue weighted by Crippen LogP contribution is -2.41. The van der Waals surface area contributed by atoms with Gasteiger partial charge in [0, 0.05) is 16.9 Å². The van der Waals surface area contributed by atoms with Crippen LogP contribution in [0.4, 0.5) is 16.2 Å². The topological polar surface area (TPSA) is 67.4 Å². The third-order valence-electron chi connectivity index (χ3n) is 8.71. The molecule has 2 aromatic carbocycles. The molecule has 2 N–H and O–H groups in total. The number of ether oxygens (including phenoxy) is 1. The normalized spacial score (nSPS) is 20.5. The van der Waals surface area contributed by atoms with Crippen molar-refractivity contribution in [3.05, 3.63) is 58.1 Å². The maximum Gasteiger partial charge on any atom is 0.411 e. The average Bonchev–Trinajstić information content (AvgIpc) is 2.79. The lowest BCUT2D eigenvalue weighted by molar-refractivity contribution is 0.102. The van der Waals surface area contributed by atoms with Gasteiger partial charge in [-0.15, -0.1) is 0 Å². The number of fused-ring (bicyclic) bond motifs is 2. The van der Waals surface area contributed by atoms with Crippen LogP contribution in [0.2, 0.25) is 0 Å². The molecule has 2 amide bonds. The van der Waals surface area contributed by atoms with Crippen LogP contribution in [0.15, 0.2) is 30.3 Å². The van der Waals surface area contributed by atoms with Crippen LogP contribution < -0.4 is 10.6 Å². The van der Waals surface area contributed by atoms with Crippen LogP contribution in [0.1, 0.15) is 114 Å². The summed E-state index contributed by atoms with van der Waals surface area (Å²) in [5.74, 6) is -0.131. The van der Waals surface area contributed by atoms with Gasteiger partial charge in [-0.05, 0) is 93.9 Å². The second-order valence-electron chi connectivity index (χ2n) is 13.3. The molecular formula is C31H42N2O3. The number of carbonyl (C=O) groups is 2. The van der Waals surface area contributed by atoms with Crippen LogP contribution in [-0.4, -0.2) is 19.1 Å². The first-order chi connectivity index (χ1) is 16.6. The molecule has 0 fully saturated rings. The molecule has 0 saturated carbocycles. The van der Waals surface area contributed by atoms with Crippen molar-refractivity contribution in [3.8, 4) is 0 Å². The van der Waals surface area contributed by atoms with Crippen molar-refractivity contribution in [3.63, 3.8) is 0 Å². The van der Waals surface area contributed by atoms with Crippen molar-refractivity contribution in [1.82, 2.24) is 0 Å². The maximum absolute atomic E-state index is 13.7. The molecule has 0 radical (unpaired) electrons. The average molecular weight is 491 g/mol. The zero-order chi connectivity index (χ0) is 26.7. The van der Waals surface area contributed by atoms with E-state index in [2.05, 4.69) is 76.8 Å². The van der Waals surface area contributed by atoms with E-state index in [0.29, 0.717) is 11.3 Å². The highest BCUT2D eigenvalue weighted by Crippen LogP contribution is 2.56. The largest absolute Gasteiger partial charge is 0.453 e. The summed E-state index contributed by atoms with van der Waals surface area (Å²) >= 11 is 0. The third kappa shape index (κ3) is 4.53. The molecule has 2 aliphatic carbocycles. The van der Waals surface area contributed by atoms with Gasteiger partial charge in [-0.25, -0.2) is 4.79 Å². The van der Waals surface area contributed by atoms with Gasteiger partial charge >= 0.3 is 6.09 Å². The van der Waals surface area contributed by atoms with Gasteiger partial charge in [0.05, 0.1) is 7.11 Å². The SMILES string of the molecule is COC(=O)Nc1ccc(C(=O)Nc2c3c(cc4c2C(C)(C)CCC4(C)C)C(C)(C)CCC3(C)C)cc1. The number of carbonyl (C=O) groups excluding carboxylic acids is 2. The highest BCUT2D eigenvalue weighted by molar-refractivity contribution is 6.06. The van der Waals surface area contributed by atoms with E-state index >= 15 is 0 Å². The summed E-state index contributed by atoms with van der Waals surface area (Å²) in [5.41, 5.74) is 7.46. The molecule has 36 heavy (non-hydrogen) atoms. The minimum Gasteiger partial charge on any atom is -0.453 e. The molecule has 0 heterocycles. The Balaban J connectivity index is 1.88. The van der Waals surface area contributed by atoms with Gasteiger partial charge in [0.15, 0.2) is 0 Å². The Kier molecular flexibility index (Phi) is 6.30. The van der Waals surface area contributed by atoms with Gasteiger partial charge in [-0.3, -0.25) is 10.1 Å². The summed E-state index contributed by atoms with van der Waals surface area (Å²) in [6, 6.07) is 9.42. The van der Waals surface area contributed by atoms with Crippen molar-refractivity contribution in [2.45, 2.75) is 103 Å². The Morgan fingerprint density at radius 3 is 1.58 bits per heavy atom. The first-order valence-electron chi connectivity index (χ1n) is 13.1. The van der Waals surface area contributed by atoms with Crippen LogP contribution in [0.3, 0.4) is 0 Å². The summed E-state index contributed by atoms with van der Waals surface area (Å²) in [5, 5.41) is 6.06. The molecule has 2 aliphatic rings. The number of methoxy groups -OCH3 is 1. The Hall–Kier alpha value is -2.82. The molecule has 0 atom stereocenters. The zero-order valence-corrected chi connectivity index (χ0v) is 23.4. The molecule has 0 bridgehead atoms. The smallest absolute Gasteiger partial charge is 0.411 e. The molecule has 2 aromatic rings. The van der Waals surface area contributed by atoms with E-state index in [-0.39, 0.29) is 27.6 Å². The van der Waals surface area contributed by atoms with E-state index in [4.69, 9.17) is 0 Å². The van der Waals surface area contributed by atoms with Crippen LogP contribution in [0, 0.1) is 0 Å². The molecule has 194 valence electrons. The van der Waals surface area contributed by atoms with E-state index in [0.717, 1.165) is 31.4 Å². The van der Waals surface area contributed by atoms with E-state index < -0.39 is 6.09 Å². The predicted octanol–water partition coefficient (Wildman–Crippen LogP) is 7.82. The van der Waals surface area contributed by atoms with Crippen molar-refractivity contribution in [2.24, 2.45) is 0 Å². The molecular weight excluding hydrogens is 448 g/mol. The Bertz CT molecular complexity index is 1150. The van der Waals surface area contributed by atoms with E-state index in [1.807, 2.05) is 0 Å². The zero-order valence-electron chi connectivity index (χ0n) is 23.4. The van der Waals surface area contributed by atoms with E-state index in [1.54, 1.807) is 24.3 Å². The fourth-order valence-electron chi connectivity index (χ4n) is 6.11. The highest BCUT2D eigenvalue weighted by atomic mass is 16.5. The van der Waals surface area contributed by atoms with Crippen LogP contribution in [-0.2, 0) is 26.4 Å². The van der Waals surface area contributed by atoms with E-state index in [1.165, 1.54) is 29.4 Å². The quantitative estimate of drug-likeness (QED) is 0.461. The van der Waals surface area contributed by atoms with E-state index in [9.17, 15) is 9.59 Å².